The Balaban J connectivity index is 2.11. The number of nitrogens with one attached hydrogen (secondary N) is 1. The molecule has 1 unspecified atom stereocenters. The van der Waals surface area contributed by atoms with Crippen molar-refractivity contribution in [3.8, 4) is 0 Å². The quantitative estimate of drug-likeness (QED) is 0.868. The Bertz CT molecular complexity index is 353. The fourth-order valence-corrected chi connectivity index (χ4v) is 2.74. The van der Waals surface area contributed by atoms with Crippen LogP contribution in [0.4, 0.5) is 0 Å². The zero-order valence-corrected chi connectivity index (χ0v) is 11.3. The largest absolute Gasteiger partial charge is 0.443 e. The first-order chi connectivity index (χ1) is 8.15. The Hall–Kier alpha value is -0.830. The molecule has 1 aromatic heterocycles. The van der Waals surface area contributed by atoms with Gasteiger partial charge in [0.25, 0.3) is 0 Å². The number of hydrogen-bond acceptors (Lipinski definition) is 3. The summed E-state index contributed by atoms with van der Waals surface area (Å²) in [5.74, 6) is 1.91. The second-order valence-electron chi connectivity index (χ2n) is 5.46. The summed E-state index contributed by atoms with van der Waals surface area (Å²) in [4.78, 5) is 4.43. The predicted octanol–water partition coefficient (Wildman–Crippen LogP) is 3.57. The molecule has 3 heteroatoms. The van der Waals surface area contributed by atoms with E-state index in [4.69, 9.17) is 4.42 Å². The van der Waals surface area contributed by atoms with Crippen molar-refractivity contribution in [1.82, 2.24) is 10.3 Å². The van der Waals surface area contributed by atoms with Crippen molar-refractivity contribution in [2.45, 2.75) is 64.3 Å². The lowest BCUT2D eigenvalue weighted by atomic mass is 9.74. The van der Waals surface area contributed by atoms with Gasteiger partial charge in [0.05, 0.1) is 12.2 Å². The molecule has 1 N–H and O–H groups in total. The Morgan fingerprint density at radius 2 is 2.12 bits per heavy atom. The van der Waals surface area contributed by atoms with Gasteiger partial charge in [-0.1, -0.05) is 33.1 Å². The van der Waals surface area contributed by atoms with Gasteiger partial charge in [-0.3, -0.25) is 0 Å². The molecule has 1 aliphatic rings. The maximum Gasteiger partial charge on any atom is 0.211 e. The third-order valence-corrected chi connectivity index (χ3v) is 3.96. The second kappa shape index (κ2) is 5.21. The molecule has 0 aromatic carbocycles. The van der Waals surface area contributed by atoms with E-state index in [1.807, 2.05) is 6.20 Å². The Kier molecular flexibility index (Phi) is 3.87. The number of rotatable bonds is 4. The van der Waals surface area contributed by atoms with Crippen LogP contribution in [0.15, 0.2) is 10.6 Å². The molecule has 96 valence electrons. The predicted molar refractivity (Wildman–Crippen MR) is 69.0 cm³/mol. The minimum atomic E-state index is 0.209. The minimum Gasteiger partial charge on any atom is -0.443 e. The van der Waals surface area contributed by atoms with Crippen LogP contribution in [0.5, 0.6) is 0 Å². The lowest BCUT2D eigenvalue weighted by molar-refractivity contribution is 0.255. The normalized spacial score (nSPS) is 21.4. The molecule has 1 aliphatic carbocycles. The Morgan fingerprint density at radius 1 is 1.41 bits per heavy atom. The van der Waals surface area contributed by atoms with E-state index in [1.165, 1.54) is 32.1 Å². The van der Waals surface area contributed by atoms with Gasteiger partial charge in [0, 0.05) is 5.41 Å². The summed E-state index contributed by atoms with van der Waals surface area (Å²) < 4.78 is 5.97. The molecule has 1 heterocycles. The molecule has 3 nitrogen and oxygen atoms in total. The Morgan fingerprint density at radius 3 is 2.76 bits per heavy atom. The topological polar surface area (TPSA) is 38.1 Å². The minimum absolute atomic E-state index is 0.209. The zero-order chi connectivity index (χ0) is 12.3. The van der Waals surface area contributed by atoms with E-state index in [2.05, 4.69) is 31.1 Å². The molecular formula is C14H24N2O. The highest BCUT2D eigenvalue weighted by Crippen LogP contribution is 2.39. The highest BCUT2D eigenvalue weighted by atomic mass is 16.4. The monoisotopic (exact) mass is 236 g/mol. The average Bonchev–Trinajstić information content (AvgIpc) is 2.80. The molecule has 1 fully saturated rings. The van der Waals surface area contributed by atoms with Crippen molar-refractivity contribution >= 4 is 0 Å². The summed E-state index contributed by atoms with van der Waals surface area (Å²) >= 11 is 0. The average molecular weight is 236 g/mol. The highest BCUT2D eigenvalue weighted by molar-refractivity contribution is 5.11. The van der Waals surface area contributed by atoms with E-state index in [0.29, 0.717) is 0 Å². The van der Waals surface area contributed by atoms with Crippen LogP contribution >= 0.6 is 0 Å². The molecule has 0 radical (unpaired) electrons. The van der Waals surface area contributed by atoms with Gasteiger partial charge in [-0.15, -0.1) is 0 Å². The lowest BCUT2D eigenvalue weighted by Gasteiger charge is -2.31. The first-order valence-electron chi connectivity index (χ1n) is 6.85. The van der Waals surface area contributed by atoms with E-state index in [1.54, 1.807) is 0 Å². The van der Waals surface area contributed by atoms with Gasteiger partial charge in [0.15, 0.2) is 0 Å². The van der Waals surface area contributed by atoms with E-state index in [-0.39, 0.29) is 11.5 Å². The molecule has 0 spiro atoms. The molecule has 0 aliphatic heterocycles. The molecule has 2 rings (SSSR count). The molecule has 17 heavy (non-hydrogen) atoms. The fourth-order valence-electron chi connectivity index (χ4n) is 2.74. The first-order valence-corrected chi connectivity index (χ1v) is 6.85. The van der Waals surface area contributed by atoms with Crippen LogP contribution in [0.3, 0.4) is 0 Å². The van der Waals surface area contributed by atoms with Gasteiger partial charge in [-0.25, -0.2) is 4.98 Å². The van der Waals surface area contributed by atoms with Crippen molar-refractivity contribution in [3.05, 3.63) is 17.8 Å². The zero-order valence-electron chi connectivity index (χ0n) is 11.3. The Labute approximate surface area is 104 Å². The summed E-state index contributed by atoms with van der Waals surface area (Å²) in [6, 6.07) is 0.209. The molecule has 0 bridgehead atoms. The fraction of sp³-hybridized carbons (Fsp3) is 0.786. The first kappa shape index (κ1) is 12.6. The molecule has 0 amide bonds. The van der Waals surface area contributed by atoms with Crippen LogP contribution in [-0.4, -0.2) is 11.5 Å². The molecule has 1 aromatic rings. The van der Waals surface area contributed by atoms with E-state index in [9.17, 15) is 0 Å². The summed E-state index contributed by atoms with van der Waals surface area (Å²) in [5, 5.41) is 3.33. The van der Waals surface area contributed by atoms with Crippen LogP contribution in [0, 0.1) is 0 Å². The van der Waals surface area contributed by atoms with E-state index >= 15 is 0 Å². The van der Waals surface area contributed by atoms with Crippen molar-refractivity contribution in [2.75, 3.05) is 6.54 Å². The molecule has 0 saturated heterocycles. The van der Waals surface area contributed by atoms with Crippen molar-refractivity contribution < 1.29 is 4.42 Å². The van der Waals surface area contributed by atoms with Crippen LogP contribution in [0.1, 0.15) is 70.6 Å². The smallest absolute Gasteiger partial charge is 0.211 e. The SMILES string of the molecule is CCNC(C)c1ncc(C2(C)CCCCC2)o1. The van der Waals surface area contributed by atoms with Crippen molar-refractivity contribution in [1.29, 1.82) is 0 Å². The molecule has 1 atom stereocenters. The van der Waals surface area contributed by atoms with Gasteiger partial charge in [0.2, 0.25) is 5.89 Å². The van der Waals surface area contributed by atoms with Crippen LogP contribution < -0.4 is 5.32 Å². The number of hydrogen-bond donors (Lipinski definition) is 1. The third-order valence-electron chi connectivity index (χ3n) is 3.96. The van der Waals surface area contributed by atoms with Crippen molar-refractivity contribution in [3.63, 3.8) is 0 Å². The van der Waals surface area contributed by atoms with Gasteiger partial charge in [0.1, 0.15) is 5.76 Å². The lowest BCUT2D eigenvalue weighted by Crippen LogP contribution is -2.24. The summed E-state index contributed by atoms with van der Waals surface area (Å²) in [6.07, 6.45) is 8.40. The maximum absolute atomic E-state index is 5.97. The molecule has 1 saturated carbocycles. The number of aromatic nitrogens is 1. The third kappa shape index (κ3) is 2.71. The highest BCUT2D eigenvalue weighted by Gasteiger charge is 2.32. The number of oxazole rings is 1. The van der Waals surface area contributed by atoms with Gasteiger partial charge in [-0.05, 0) is 26.3 Å². The second-order valence-corrected chi connectivity index (χ2v) is 5.46. The standard InChI is InChI=1S/C14H24N2O/c1-4-15-11(2)13-16-10-12(17-13)14(3)8-6-5-7-9-14/h10-11,15H,4-9H2,1-3H3. The van der Waals surface area contributed by atoms with E-state index < -0.39 is 0 Å². The summed E-state index contributed by atoms with van der Waals surface area (Å²) in [7, 11) is 0. The summed E-state index contributed by atoms with van der Waals surface area (Å²) in [5.41, 5.74) is 0.218. The van der Waals surface area contributed by atoms with Gasteiger partial charge < -0.3 is 9.73 Å². The summed E-state index contributed by atoms with van der Waals surface area (Å²) in [6.45, 7) is 7.45. The van der Waals surface area contributed by atoms with Crippen LogP contribution in [-0.2, 0) is 5.41 Å². The number of nitrogens with zero attached hydrogens (tertiary/aromatic N) is 1. The maximum atomic E-state index is 5.97. The van der Waals surface area contributed by atoms with Gasteiger partial charge >= 0.3 is 0 Å². The van der Waals surface area contributed by atoms with Crippen LogP contribution in [0.25, 0.3) is 0 Å². The molecular weight excluding hydrogens is 212 g/mol. The van der Waals surface area contributed by atoms with E-state index in [0.717, 1.165) is 18.2 Å². The van der Waals surface area contributed by atoms with Gasteiger partial charge in [-0.2, -0.15) is 0 Å². The van der Waals surface area contributed by atoms with Crippen molar-refractivity contribution in [2.24, 2.45) is 0 Å². The van der Waals surface area contributed by atoms with Crippen LogP contribution in [0.2, 0.25) is 0 Å².